The van der Waals surface area contributed by atoms with Crippen LogP contribution in [0.5, 0.6) is 0 Å². The summed E-state index contributed by atoms with van der Waals surface area (Å²) in [6.45, 7) is 0.909. The summed E-state index contributed by atoms with van der Waals surface area (Å²) in [5.74, 6) is 0.794. The van der Waals surface area contributed by atoms with Crippen LogP contribution in [0, 0.1) is 11.3 Å². The monoisotopic (exact) mass is 487 g/mol. The summed E-state index contributed by atoms with van der Waals surface area (Å²) < 4.78 is 2.01. The highest BCUT2D eigenvalue weighted by Gasteiger charge is 2.20. The van der Waals surface area contributed by atoms with Gasteiger partial charge >= 0.3 is 0 Å². The first-order valence-corrected chi connectivity index (χ1v) is 12.1. The van der Waals surface area contributed by atoms with Crippen LogP contribution in [-0.4, -0.2) is 33.0 Å². The van der Waals surface area contributed by atoms with Crippen molar-refractivity contribution in [2.24, 2.45) is 0 Å². The topological polar surface area (TPSA) is 74.8 Å². The van der Waals surface area contributed by atoms with E-state index in [4.69, 9.17) is 16.9 Å². The van der Waals surface area contributed by atoms with Gasteiger partial charge in [-0.2, -0.15) is 5.26 Å². The van der Waals surface area contributed by atoms with Crippen molar-refractivity contribution < 1.29 is 4.79 Å². The van der Waals surface area contributed by atoms with Gasteiger partial charge in [0.25, 0.3) is 0 Å². The van der Waals surface area contributed by atoms with Crippen molar-refractivity contribution in [1.29, 1.82) is 5.26 Å². The van der Waals surface area contributed by atoms with Gasteiger partial charge in [0, 0.05) is 22.8 Å². The number of carbonyl (C=O) groups is 1. The van der Waals surface area contributed by atoms with Gasteiger partial charge in [-0.25, -0.2) is 0 Å². The number of rotatable bonds is 9. The van der Waals surface area contributed by atoms with Crippen molar-refractivity contribution in [3.05, 3.63) is 95.5 Å². The van der Waals surface area contributed by atoms with Gasteiger partial charge in [0.1, 0.15) is 0 Å². The standard InChI is InChI=1S/C26H22ClN5OS/c27-22-14-12-21(13-15-22)25-29-30-26(32(25)18-20-8-3-1-4-9-20)34-19-24(33)31(17-7-16-28)23-10-5-2-6-11-23/h1-6,8-15H,7,17-19H2. The molecule has 1 heterocycles. The summed E-state index contributed by atoms with van der Waals surface area (Å²) in [4.78, 5) is 14.8. The highest BCUT2D eigenvalue weighted by Crippen LogP contribution is 2.27. The first kappa shape index (κ1) is 23.6. The Morgan fingerprint density at radius 1 is 0.971 bits per heavy atom. The van der Waals surface area contributed by atoms with E-state index in [1.54, 1.807) is 4.90 Å². The lowest BCUT2D eigenvalue weighted by Gasteiger charge is -2.21. The fraction of sp³-hybridized carbons (Fsp3) is 0.154. The Bertz CT molecular complexity index is 1270. The van der Waals surface area contributed by atoms with E-state index >= 15 is 0 Å². The van der Waals surface area contributed by atoms with Crippen molar-refractivity contribution in [2.75, 3.05) is 17.2 Å². The fourth-order valence-corrected chi connectivity index (χ4v) is 4.43. The molecule has 1 amide bonds. The second-order valence-corrected chi connectivity index (χ2v) is 8.84. The number of aromatic nitrogens is 3. The minimum Gasteiger partial charge on any atom is -0.311 e. The maximum Gasteiger partial charge on any atom is 0.237 e. The van der Waals surface area contributed by atoms with Gasteiger partial charge in [-0.3, -0.25) is 9.36 Å². The molecule has 0 aliphatic carbocycles. The van der Waals surface area contributed by atoms with E-state index in [0.29, 0.717) is 29.1 Å². The average molecular weight is 488 g/mol. The largest absolute Gasteiger partial charge is 0.311 e. The Labute approximate surface area is 207 Å². The zero-order chi connectivity index (χ0) is 23.8. The molecule has 34 heavy (non-hydrogen) atoms. The maximum absolute atomic E-state index is 13.1. The minimum absolute atomic E-state index is 0.0891. The number of hydrogen-bond donors (Lipinski definition) is 0. The van der Waals surface area contributed by atoms with Crippen molar-refractivity contribution in [2.45, 2.75) is 18.1 Å². The Hall–Kier alpha value is -3.60. The van der Waals surface area contributed by atoms with Gasteiger partial charge in [-0.1, -0.05) is 71.9 Å². The van der Waals surface area contributed by atoms with Crippen LogP contribution in [0.3, 0.4) is 0 Å². The van der Waals surface area contributed by atoms with Gasteiger partial charge in [0.15, 0.2) is 11.0 Å². The van der Waals surface area contributed by atoms with E-state index in [1.807, 2.05) is 89.5 Å². The van der Waals surface area contributed by atoms with Crippen molar-refractivity contribution >= 4 is 35.0 Å². The molecule has 0 aliphatic rings. The van der Waals surface area contributed by atoms with E-state index in [0.717, 1.165) is 16.8 Å². The fourth-order valence-electron chi connectivity index (χ4n) is 3.49. The van der Waals surface area contributed by atoms with Crippen LogP contribution in [0.2, 0.25) is 5.02 Å². The number of anilines is 1. The molecular weight excluding hydrogens is 466 g/mol. The van der Waals surface area contributed by atoms with Gasteiger partial charge in [0.2, 0.25) is 5.91 Å². The predicted octanol–water partition coefficient (Wildman–Crippen LogP) is 5.69. The smallest absolute Gasteiger partial charge is 0.237 e. The minimum atomic E-state index is -0.0891. The van der Waals surface area contributed by atoms with Crippen LogP contribution in [0.25, 0.3) is 11.4 Å². The van der Waals surface area contributed by atoms with Crippen molar-refractivity contribution in [3.8, 4) is 17.5 Å². The number of halogens is 1. The number of nitrogens with zero attached hydrogens (tertiary/aromatic N) is 5. The normalized spacial score (nSPS) is 10.6. The third-order valence-corrected chi connectivity index (χ3v) is 6.35. The van der Waals surface area contributed by atoms with E-state index in [1.165, 1.54) is 11.8 Å². The Morgan fingerprint density at radius 2 is 1.65 bits per heavy atom. The molecule has 8 heteroatoms. The lowest BCUT2D eigenvalue weighted by Crippen LogP contribution is -2.33. The van der Waals surface area contributed by atoms with E-state index in [2.05, 4.69) is 16.3 Å². The van der Waals surface area contributed by atoms with Crippen molar-refractivity contribution in [3.63, 3.8) is 0 Å². The van der Waals surface area contributed by atoms with Crippen molar-refractivity contribution in [1.82, 2.24) is 14.8 Å². The van der Waals surface area contributed by atoms with E-state index in [-0.39, 0.29) is 18.1 Å². The predicted molar refractivity (Wildman–Crippen MR) is 136 cm³/mol. The van der Waals surface area contributed by atoms with Crippen LogP contribution in [0.15, 0.2) is 90.1 Å². The number of amides is 1. The van der Waals surface area contributed by atoms with Crippen LogP contribution < -0.4 is 4.90 Å². The van der Waals surface area contributed by atoms with Gasteiger partial charge in [-0.05, 0) is 42.0 Å². The zero-order valence-electron chi connectivity index (χ0n) is 18.3. The molecule has 0 radical (unpaired) electrons. The maximum atomic E-state index is 13.1. The van der Waals surface area contributed by atoms with Gasteiger partial charge in [-0.15, -0.1) is 10.2 Å². The molecule has 0 saturated carbocycles. The van der Waals surface area contributed by atoms with E-state index in [9.17, 15) is 4.79 Å². The lowest BCUT2D eigenvalue weighted by atomic mass is 10.2. The molecule has 170 valence electrons. The molecule has 0 atom stereocenters. The molecule has 4 aromatic rings. The van der Waals surface area contributed by atoms with Gasteiger partial charge < -0.3 is 4.90 Å². The first-order chi connectivity index (χ1) is 16.7. The first-order valence-electron chi connectivity index (χ1n) is 10.7. The van der Waals surface area contributed by atoms with Crippen LogP contribution in [0.1, 0.15) is 12.0 Å². The van der Waals surface area contributed by atoms with Crippen LogP contribution >= 0.6 is 23.4 Å². The molecule has 0 aliphatic heterocycles. The third kappa shape index (κ3) is 5.84. The molecule has 0 unspecified atom stereocenters. The zero-order valence-corrected chi connectivity index (χ0v) is 19.9. The Kier molecular flexibility index (Phi) is 7.97. The molecule has 0 N–H and O–H groups in total. The number of para-hydroxylation sites is 1. The number of nitriles is 1. The quantitative estimate of drug-likeness (QED) is 0.284. The summed E-state index contributed by atoms with van der Waals surface area (Å²) in [6, 6.07) is 29.0. The second-order valence-electron chi connectivity index (χ2n) is 7.46. The van der Waals surface area contributed by atoms with Crippen LogP contribution in [0.4, 0.5) is 5.69 Å². The molecule has 3 aromatic carbocycles. The molecule has 0 spiro atoms. The molecule has 6 nitrogen and oxygen atoms in total. The lowest BCUT2D eigenvalue weighted by molar-refractivity contribution is -0.116. The molecule has 0 fully saturated rings. The number of carbonyl (C=O) groups excluding carboxylic acids is 1. The second kappa shape index (κ2) is 11.5. The molecule has 4 rings (SSSR count). The van der Waals surface area contributed by atoms with Crippen LogP contribution in [-0.2, 0) is 11.3 Å². The van der Waals surface area contributed by atoms with E-state index < -0.39 is 0 Å². The number of thioether (sulfide) groups is 1. The summed E-state index contributed by atoms with van der Waals surface area (Å²) in [7, 11) is 0. The molecule has 0 bridgehead atoms. The SMILES string of the molecule is N#CCCN(C(=O)CSc1nnc(-c2ccc(Cl)cc2)n1Cc1ccccc1)c1ccccc1. The average Bonchev–Trinajstić information content (AvgIpc) is 3.27. The molecular formula is C26H22ClN5OS. The molecule has 1 aromatic heterocycles. The van der Waals surface area contributed by atoms with Gasteiger partial charge in [0.05, 0.1) is 24.8 Å². The highest BCUT2D eigenvalue weighted by atomic mass is 35.5. The Balaban J connectivity index is 1.58. The number of benzene rings is 3. The number of hydrogen-bond acceptors (Lipinski definition) is 5. The third-order valence-electron chi connectivity index (χ3n) is 5.14. The summed E-state index contributed by atoms with van der Waals surface area (Å²) in [6.07, 6.45) is 0.260. The summed E-state index contributed by atoms with van der Waals surface area (Å²) in [5, 5.41) is 19.2. The molecule has 0 saturated heterocycles. The highest BCUT2D eigenvalue weighted by molar-refractivity contribution is 7.99. The summed E-state index contributed by atoms with van der Waals surface area (Å²) in [5.41, 5.74) is 2.77. The summed E-state index contributed by atoms with van der Waals surface area (Å²) >= 11 is 7.40. The Morgan fingerprint density at radius 3 is 2.32 bits per heavy atom.